The number of aryl methyl sites for hydroxylation is 2. The first-order valence-electron chi connectivity index (χ1n) is 10.4. The molecule has 1 fully saturated rings. The summed E-state index contributed by atoms with van der Waals surface area (Å²) in [7, 11) is 1.42. The van der Waals surface area contributed by atoms with Gasteiger partial charge >= 0.3 is 5.69 Å². The van der Waals surface area contributed by atoms with Crippen LogP contribution in [-0.2, 0) is 25.0 Å². The molecule has 172 valence electrons. The minimum atomic E-state index is -0.790. The largest absolute Gasteiger partial charge is 0.389 e. The summed E-state index contributed by atoms with van der Waals surface area (Å²) in [5, 5.41) is 18.2. The number of fused-ring (bicyclic) bond motifs is 1. The summed E-state index contributed by atoms with van der Waals surface area (Å²) < 4.78 is 4.50. The number of hydrogen-bond acceptors (Lipinski definition) is 7. The summed E-state index contributed by atoms with van der Waals surface area (Å²) >= 11 is 1.25. The van der Waals surface area contributed by atoms with Crippen LogP contribution in [0.3, 0.4) is 0 Å². The maximum atomic E-state index is 13.5. The number of aromatic nitrogens is 5. The van der Waals surface area contributed by atoms with E-state index in [9.17, 15) is 19.5 Å². The molecule has 0 aromatic carbocycles. The van der Waals surface area contributed by atoms with Crippen molar-refractivity contribution >= 4 is 27.5 Å². The Bertz CT molecular complexity index is 1300. The number of aromatic amines is 1. The minimum Gasteiger partial charge on any atom is -0.389 e. The third kappa shape index (κ3) is 3.67. The number of nitrogens with zero attached hydrogens (tertiary/aromatic N) is 5. The van der Waals surface area contributed by atoms with Crippen LogP contribution in [0.2, 0.25) is 0 Å². The van der Waals surface area contributed by atoms with Crippen molar-refractivity contribution in [3.63, 3.8) is 0 Å². The van der Waals surface area contributed by atoms with E-state index in [1.54, 1.807) is 4.57 Å². The highest BCUT2D eigenvalue weighted by Crippen LogP contribution is 2.31. The molecule has 0 radical (unpaired) electrons. The lowest BCUT2D eigenvalue weighted by molar-refractivity contribution is -0.699. The van der Waals surface area contributed by atoms with E-state index in [4.69, 9.17) is 4.84 Å². The van der Waals surface area contributed by atoms with Gasteiger partial charge in [0.25, 0.3) is 17.3 Å². The van der Waals surface area contributed by atoms with Gasteiger partial charge in [0.2, 0.25) is 5.82 Å². The molecular weight excluding hydrogens is 436 g/mol. The molecule has 3 aromatic rings. The fraction of sp³-hybridized carbons (Fsp3) is 0.550. The van der Waals surface area contributed by atoms with Gasteiger partial charge in [-0.25, -0.2) is 14.4 Å². The van der Waals surface area contributed by atoms with Crippen LogP contribution in [0.25, 0.3) is 10.2 Å². The number of rotatable bonds is 5. The quantitative estimate of drug-likeness (QED) is 0.507. The van der Waals surface area contributed by atoms with E-state index in [0.717, 1.165) is 21.3 Å². The second-order valence-corrected chi connectivity index (χ2v) is 9.57. The van der Waals surface area contributed by atoms with Crippen molar-refractivity contribution in [1.29, 1.82) is 0 Å². The second kappa shape index (κ2) is 8.26. The summed E-state index contributed by atoms with van der Waals surface area (Å²) in [6, 6.07) is 0. The van der Waals surface area contributed by atoms with Gasteiger partial charge < -0.3 is 5.11 Å². The molecule has 11 nitrogen and oxygen atoms in total. The van der Waals surface area contributed by atoms with Crippen LogP contribution in [0, 0.1) is 19.8 Å². The molecule has 0 unspecified atom stereocenters. The van der Waals surface area contributed by atoms with Crippen molar-refractivity contribution in [2.24, 2.45) is 13.0 Å². The predicted octanol–water partition coefficient (Wildman–Crippen LogP) is -0.158. The van der Waals surface area contributed by atoms with E-state index < -0.39 is 23.3 Å². The van der Waals surface area contributed by atoms with Crippen LogP contribution in [0.5, 0.6) is 0 Å². The van der Waals surface area contributed by atoms with E-state index in [1.807, 2.05) is 32.3 Å². The van der Waals surface area contributed by atoms with Gasteiger partial charge in [-0.2, -0.15) is 0 Å². The zero-order chi connectivity index (χ0) is 23.3. The van der Waals surface area contributed by atoms with Crippen LogP contribution < -0.4 is 15.8 Å². The Balaban J connectivity index is 2.00. The van der Waals surface area contributed by atoms with Crippen LogP contribution in [0.15, 0.2) is 9.59 Å². The molecule has 1 aliphatic rings. The average molecular weight is 464 g/mol. The third-order valence-corrected chi connectivity index (χ3v) is 6.71. The number of H-pyrrole nitrogens is 1. The molecule has 0 aliphatic carbocycles. The first kappa shape index (κ1) is 22.4. The van der Waals surface area contributed by atoms with Crippen LogP contribution in [-0.4, -0.2) is 54.7 Å². The van der Waals surface area contributed by atoms with E-state index >= 15 is 0 Å². The Kier molecular flexibility index (Phi) is 5.77. The van der Waals surface area contributed by atoms with Gasteiger partial charge in [-0.05, 0) is 5.92 Å². The van der Waals surface area contributed by atoms with Gasteiger partial charge in [-0.15, -0.1) is 16.4 Å². The Morgan fingerprint density at radius 2 is 2.09 bits per heavy atom. The van der Waals surface area contributed by atoms with E-state index in [-0.39, 0.29) is 30.0 Å². The first-order valence-corrected chi connectivity index (χ1v) is 11.2. The molecule has 1 amide bonds. The van der Waals surface area contributed by atoms with Crippen molar-refractivity contribution < 1.29 is 19.3 Å². The monoisotopic (exact) mass is 463 g/mol. The smallest absolute Gasteiger partial charge is 0.331 e. The van der Waals surface area contributed by atoms with E-state index in [0.29, 0.717) is 22.8 Å². The Morgan fingerprint density at radius 3 is 2.66 bits per heavy atom. The fourth-order valence-corrected chi connectivity index (χ4v) is 5.15. The highest BCUT2D eigenvalue weighted by Gasteiger charge is 2.34. The van der Waals surface area contributed by atoms with Crippen molar-refractivity contribution in [3.05, 3.63) is 42.9 Å². The zero-order valence-electron chi connectivity index (χ0n) is 18.7. The standard InChI is InChI=1S/C20H26N6O5S/c1-10(2)6-25-19-16(17(28)23(5)20(25)30)15(18(29)26-7-13(27)9-31-26)14(32-19)8-24-11(3)21-22-12(24)4/h10,13,27H,6-9H2,1-5H3/p+1/t13-/m0/s1. The minimum absolute atomic E-state index is 0.00784. The normalized spacial score (nSPS) is 16.6. The van der Waals surface area contributed by atoms with Gasteiger partial charge in [0.15, 0.2) is 0 Å². The lowest BCUT2D eigenvalue weighted by Crippen LogP contribution is -2.40. The van der Waals surface area contributed by atoms with Gasteiger partial charge in [-0.1, -0.05) is 13.8 Å². The molecule has 3 aromatic heterocycles. The molecule has 4 rings (SSSR count). The summed E-state index contributed by atoms with van der Waals surface area (Å²) in [5.74, 6) is 1.16. The number of aliphatic hydroxyl groups is 1. The highest BCUT2D eigenvalue weighted by atomic mass is 32.1. The number of carbonyl (C=O) groups is 1. The Hall–Kier alpha value is -2.83. The van der Waals surface area contributed by atoms with Gasteiger partial charge in [0.1, 0.15) is 24.1 Å². The van der Waals surface area contributed by atoms with Gasteiger partial charge in [0.05, 0.1) is 22.4 Å². The van der Waals surface area contributed by atoms with Crippen molar-refractivity contribution in [2.45, 2.75) is 46.9 Å². The van der Waals surface area contributed by atoms with Crippen molar-refractivity contribution in [2.75, 3.05) is 13.2 Å². The van der Waals surface area contributed by atoms with Gasteiger partial charge in [0, 0.05) is 32.5 Å². The number of hydrogen-bond donors (Lipinski definition) is 2. The number of amides is 1. The molecule has 32 heavy (non-hydrogen) atoms. The van der Waals surface area contributed by atoms with Crippen molar-refractivity contribution in [3.8, 4) is 0 Å². The summed E-state index contributed by atoms with van der Waals surface area (Å²) in [6.45, 7) is 8.40. The molecule has 0 bridgehead atoms. The number of β-amino-alcohol motifs (C(OH)–C–C–N with tert-alkyl or cyclic N) is 1. The van der Waals surface area contributed by atoms with Crippen LogP contribution in [0.4, 0.5) is 0 Å². The lowest BCUT2D eigenvalue weighted by Gasteiger charge is -2.15. The Labute approximate surface area is 187 Å². The van der Waals surface area contributed by atoms with E-state index in [1.165, 1.54) is 18.4 Å². The zero-order valence-corrected chi connectivity index (χ0v) is 19.5. The SMILES string of the molecule is Cc1n[nH]c(C)[n+]1Cc1sc2c(c1C(=O)N1C[C@H](O)CO1)c(=O)n(C)c(=O)n2CC(C)C. The summed E-state index contributed by atoms with van der Waals surface area (Å²) in [4.78, 5) is 46.1. The number of hydroxylamine groups is 2. The molecule has 12 heteroatoms. The molecular formula is C20H27N6O5S+. The molecule has 2 N–H and O–H groups in total. The maximum Gasteiger partial charge on any atom is 0.331 e. The number of carbonyl (C=O) groups excluding carboxylic acids is 1. The molecule has 1 aliphatic heterocycles. The second-order valence-electron chi connectivity index (χ2n) is 8.49. The topological polar surface area (TPSA) is 126 Å². The van der Waals surface area contributed by atoms with E-state index in [2.05, 4.69) is 10.2 Å². The number of nitrogens with one attached hydrogen (secondary N) is 1. The first-order chi connectivity index (χ1) is 15.1. The van der Waals surface area contributed by atoms with Crippen LogP contribution in [0.1, 0.15) is 40.7 Å². The number of aliphatic hydroxyl groups excluding tert-OH is 1. The lowest BCUT2D eigenvalue weighted by atomic mass is 10.1. The molecule has 0 spiro atoms. The Morgan fingerprint density at radius 1 is 1.38 bits per heavy atom. The summed E-state index contributed by atoms with van der Waals surface area (Å²) in [6.07, 6.45) is -0.790. The molecule has 0 saturated carbocycles. The molecule has 4 heterocycles. The van der Waals surface area contributed by atoms with Crippen molar-refractivity contribution in [1.82, 2.24) is 24.4 Å². The predicted molar refractivity (Wildman–Crippen MR) is 117 cm³/mol. The highest BCUT2D eigenvalue weighted by molar-refractivity contribution is 7.19. The van der Waals surface area contributed by atoms with Crippen LogP contribution >= 0.6 is 11.3 Å². The van der Waals surface area contributed by atoms with Gasteiger partial charge in [-0.3, -0.25) is 23.6 Å². The molecule has 1 saturated heterocycles. The summed E-state index contributed by atoms with van der Waals surface area (Å²) in [5.41, 5.74) is -0.745. The maximum absolute atomic E-state index is 13.5. The third-order valence-electron chi connectivity index (χ3n) is 5.51. The fourth-order valence-electron chi connectivity index (χ4n) is 3.88. The average Bonchev–Trinajstić information content (AvgIpc) is 3.42. The molecule has 1 atom stereocenters. The number of thiophene rings is 1.